The molecule has 24 heavy (non-hydrogen) atoms. The number of anilines is 1. The number of hydrogen-bond donors (Lipinski definition) is 2. The van der Waals surface area contributed by atoms with Crippen molar-refractivity contribution in [3.05, 3.63) is 29.3 Å². The third-order valence-electron chi connectivity index (χ3n) is 4.00. The van der Waals surface area contributed by atoms with E-state index < -0.39 is 12.6 Å². The highest BCUT2D eigenvalue weighted by Crippen LogP contribution is 2.29. The summed E-state index contributed by atoms with van der Waals surface area (Å²) in [6.07, 6.45) is -2.07. The van der Waals surface area contributed by atoms with Gasteiger partial charge < -0.3 is 15.1 Å². The second-order valence-electron chi connectivity index (χ2n) is 6.13. The molecule has 1 aliphatic carbocycles. The van der Waals surface area contributed by atoms with Crippen LogP contribution < -0.4 is 15.8 Å². The molecule has 1 aromatic carbocycles. The van der Waals surface area contributed by atoms with Gasteiger partial charge in [0.1, 0.15) is 0 Å². The van der Waals surface area contributed by atoms with Crippen molar-refractivity contribution < 1.29 is 17.9 Å². The highest BCUT2D eigenvalue weighted by molar-refractivity contribution is 5.55. The van der Waals surface area contributed by atoms with Crippen LogP contribution in [0.1, 0.15) is 30.4 Å². The van der Waals surface area contributed by atoms with Crippen molar-refractivity contribution in [1.82, 2.24) is 10.7 Å². The van der Waals surface area contributed by atoms with E-state index in [9.17, 15) is 13.2 Å². The number of ether oxygens (including phenoxy) is 1. The van der Waals surface area contributed by atoms with Gasteiger partial charge in [0, 0.05) is 39.9 Å². The highest BCUT2D eigenvalue weighted by Gasteiger charge is 2.30. The molecule has 0 spiro atoms. The molecular weight excluding hydrogens is 319 g/mol. The zero-order valence-electron chi connectivity index (χ0n) is 14.2. The lowest BCUT2D eigenvalue weighted by molar-refractivity contribution is -0.127. The maximum absolute atomic E-state index is 12.9. The van der Waals surface area contributed by atoms with E-state index in [-0.39, 0.29) is 5.56 Å². The molecular formula is C17H26F3N3O. The molecule has 7 heteroatoms. The SMILES string of the molecule is CNN(CCCOC)c1cc(CNC2CC2)ccc1CC(F)(F)F. The molecule has 0 unspecified atom stereocenters. The molecule has 0 aromatic heterocycles. The predicted octanol–water partition coefficient (Wildman–Crippen LogP) is 3.02. The number of hydrogen-bond acceptors (Lipinski definition) is 4. The average molecular weight is 345 g/mol. The first-order valence-electron chi connectivity index (χ1n) is 8.28. The quantitative estimate of drug-likeness (QED) is 0.505. The van der Waals surface area contributed by atoms with Gasteiger partial charge in [-0.15, -0.1) is 0 Å². The molecule has 4 nitrogen and oxygen atoms in total. The summed E-state index contributed by atoms with van der Waals surface area (Å²) < 4.78 is 43.7. The number of hydrazine groups is 1. The van der Waals surface area contributed by atoms with E-state index in [1.165, 1.54) is 12.8 Å². The van der Waals surface area contributed by atoms with Gasteiger partial charge in [-0.2, -0.15) is 13.2 Å². The molecule has 0 heterocycles. The number of nitrogens with one attached hydrogen (secondary N) is 2. The maximum Gasteiger partial charge on any atom is 0.393 e. The standard InChI is InChI=1S/C17H26F3N3O/c1-21-23(8-3-9-24-2)16-10-13(12-22-15-6-7-15)4-5-14(16)11-17(18,19)20/h4-5,10,15,21-22H,3,6-9,11-12H2,1-2H3. The average Bonchev–Trinajstić information content (AvgIpc) is 3.34. The highest BCUT2D eigenvalue weighted by atomic mass is 19.4. The van der Waals surface area contributed by atoms with Crippen LogP contribution in [0, 0.1) is 0 Å². The van der Waals surface area contributed by atoms with Crippen LogP contribution in [-0.4, -0.2) is 39.5 Å². The fourth-order valence-electron chi connectivity index (χ4n) is 2.61. The van der Waals surface area contributed by atoms with Crippen molar-refractivity contribution in [2.75, 3.05) is 32.3 Å². The number of methoxy groups -OCH3 is 1. The largest absolute Gasteiger partial charge is 0.393 e. The van der Waals surface area contributed by atoms with Crippen LogP contribution in [0.4, 0.5) is 18.9 Å². The van der Waals surface area contributed by atoms with Crippen molar-refractivity contribution >= 4 is 5.69 Å². The molecule has 1 aromatic rings. The molecule has 136 valence electrons. The normalized spacial score (nSPS) is 14.9. The number of rotatable bonds is 10. The van der Waals surface area contributed by atoms with Crippen LogP contribution >= 0.6 is 0 Å². The number of alkyl halides is 3. The van der Waals surface area contributed by atoms with E-state index in [0.29, 0.717) is 31.4 Å². The molecule has 0 aliphatic heterocycles. The van der Waals surface area contributed by atoms with E-state index in [0.717, 1.165) is 12.0 Å². The van der Waals surface area contributed by atoms with Crippen LogP contribution in [0.2, 0.25) is 0 Å². The van der Waals surface area contributed by atoms with Crippen LogP contribution in [0.15, 0.2) is 18.2 Å². The fraction of sp³-hybridized carbons (Fsp3) is 0.647. The fourth-order valence-corrected chi connectivity index (χ4v) is 2.61. The molecule has 1 aliphatic rings. The topological polar surface area (TPSA) is 36.5 Å². The second-order valence-corrected chi connectivity index (χ2v) is 6.13. The van der Waals surface area contributed by atoms with Gasteiger partial charge in [0.05, 0.1) is 12.1 Å². The third kappa shape index (κ3) is 6.30. The Balaban J connectivity index is 2.17. The van der Waals surface area contributed by atoms with Crippen molar-refractivity contribution in [3.8, 4) is 0 Å². The molecule has 0 atom stereocenters. The van der Waals surface area contributed by atoms with Crippen molar-refractivity contribution in [2.45, 2.75) is 44.4 Å². The van der Waals surface area contributed by atoms with Crippen LogP contribution in [0.5, 0.6) is 0 Å². The van der Waals surface area contributed by atoms with E-state index in [2.05, 4.69) is 10.7 Å². The zero-order valence-corrected chi connectivity index (χ0v) is 14.2. The summed E-state index contributed by atoms with van der Waals surface area (Å²) in [5.74, 6) is 0. The molecule has 1 fully saturated rings. The Bertz CT molecular complexity index is 518. The summed E-state index contributed by atoms with van der Waals surface area (Å²) in [6.45, 7) is 1.82. The Morgan fingerprint density at radius 2 is 2.04 bits per heavy atom. The third-order valence-corrected chi connectivity index (χ3v) is 4.00. The minimum atomic E-state index is -4.23. The van der Waals surface area contributed by atoms with Crippen molar-refractivity contribution in [2.24, 2.45) is 0 Å². The van der Waals surface area contributed by atoms with E-state index >= 15 is 0 Å². The van der Waals surface area contributed by atoms with Crippen LogP contribution in [-0.2, 0) is 17.7 Å². The predicted molar refractivity (Wildman–Crippen MR) is 89.0 cm³/mol. The maximum atomic E-state index is 12.9. The van der Waals surface area contributed by atoms with E-state index in [1.54, 1.807) is 31.3 Å². The molecule has 2 N–H and O–H groups in total. The minimum absolute atomic E-state index is 0.282. The first-order valence-corrected chi connectivity index (χ1v) is 8.28. The Kier molecular flexibility index (Phi) is 6.89. The molecule has 0 radical (unpaired) electrons. The van der Waals surface area contributed by atoms with E-state index in [1.807, 2.05) is 6.07 Å². The van der Waals surface area contributed by atoms with Gasteiger partial charge in [0.25, 0.3) is 0 Å². The minimum Gasteiger partial charge on any atom is -0.385 e. The zero-order chi connectivity index (χ0) is 17.6. The summed E-state index contributed by atoms with van der Waals surface area (Å²) in [5, 5.41) is 5.16. The van der Waals surface area contributed by atoms with Crippen molar-refractivity contribution in [3.63, 3.8) is 0 Å². The van der Waals surface area contributed by atoms with Gasteiger partial charge in [-0.05, 0) is 36.5 Å². The lowest BCUT2D eigenvalue weighted by Gasteiger charge is -2.27. The Morgan fingerprint density at radius 1 is 1.29 bits per heavy atom. The summed E-state index contributed by atoms with van der Waals surface area (Å²) in [5.41, 5.74) is 4.86. The first-order chi connectivity index (χ1) is 11.4. The number of benzene rings is 1. The lowest BCUT2D eigenvalue weighted by atomic mass is 10.0. The monoisotopic (exact) mass is 345 g/mol. The summed E-state index contributed by atoms with van der Waals surface area (Å²) >= 11 is 0. The summed E-state index contributed by atoms with van der Waals surface area (Å²) in [4.78, 5) is 0. The Hall–Kier alpha value is -1.31. The lowest BCUT2D eigenvalue weighted by Crippen LogP contribution is -2.37. The first kappa shape index (κ1) is 19.0. The van der Waals surface area contributed by atoms with Gasteiger partial charge in [-0.3, -0.25) is 0 Å². The summed E-state index contributed by atoms with van der Waals surface area (Å²) in [6, 6.07) is 5.78. The summed E-state index contributed by atoms with van der Waals surface area (Å²) in [7, 11) is 3.34. The van der Waals surface area contributed by atoms with Gasteiger partial charge in [0.15, 0.2) is 0 Å². The second kappa shape index (κ2) is 8.69. The molecule has 0 amide bonds. The van der Waals surface area contributed by atoms with Gasteiger partial charge in [-0.25, -0.2) is 5.43 Å². The smallest absolute Gasteiger partial charge is 0.385 e. The Labute approximate surface area is 141 Å². The van der Waals surface area contributed by atoms with Gasteiger partial charge in [0.2, 0.25) is 0 Å². The molecule has 0 saturated heterocycles. The number of halogens is 3. The van der Waals surface area contributed by atoms with Crippen LogP contribution in [0.3, 0.4) is 0 Å². The number of nitrogens with zero attached hydrogens (tertiary/aromatic N) is 1. The van der Waals surface area contributed by atoms with Gasteiger partial charge in [-0.1, -0.05) is 12.1 Å². The van der Waals surface area contributed by atoms with Gasteiger partial charge >= 0.3 is 6.18 Å². The Morgan fingerprint density at radius 3 is 2.62 bits per heavy atom. The molecule has 0 bridgehead atoms. The van der Waals surface area contributed by atoms with E-state index in [4.69, 9.17) is 4.74 Å². The molecule has 2 rings (SSSR count). The van der Waals surface area contributed by atoms with Crippen LogP contribution in [0.25, 0.3) is 0 Å². The molecule has 1 saturated carbocycles. The van der Waals surface area contributed by atoms with Crippen molar-refractivity contribution in [1.29, 1.82) is 0 Å².